The van der Waals surface area contributed by atoms with Crippen LogP contribution in [0.2, 0.25) is 0 Å². The Kier molecular flexibility index (Phi) is 165. The molecule has 15 valence electrons. The zero-order valence-electron chi connectivity index (χ0n) is 4.58. The van der Waals surface area contributed by atoms with Gasteiger partial charge in [0.05, 0.1) is 0 Å². The van der Waals surface area contributed by atoms with Gasteiger partial charge in [-0.15, -0.1) is 0 Å². The fourth-order valence-corrected chi connectivity index (χ4v) is 0. The fraction of sp³-hybridized carbons (Fsp3) is 0. The molecule has 0 unspecified atom stereocenters. The molecular formula is H7AlBLiNa. The number of hydrogen-bond acceptors (Lipinski definition) is 0. The molecule has 0 saturated carbocycles. The molecule has 0 heterocycles. The average molecular weight is 74.8 g/mol. The van der Waals surface area contributed by atoms with Gasteiger partial charge >= 0.3 is 48.4 Å². The first-order chi connectivity index (χ1) is 0. The quantitative estimate of drug-likeness (QED) is 0.251. The van der Waals surface area contributed by atoms with Crippen LogP contribution >= 0.6 is 0 Å². The van der Waals surface area contributed by atoms with Crippen molar-refractivity contribution in [2.75, 3.05) is 0 Å². The Morgan fingerprint density at radius 2 is 1.50 bits per heavy atom. The van der Waals surface area contributed by atoms with E-state index >= 15 is 0 Å². The Bertz CT molecular complexity index is 14.9. The van der Waals surface area contributed by atoms with E-state index in [1.807, 2.05) is 0 Å². The molecule has 0 fully saturated rings. The van der Waals surface area contributed by atoms with E-state index < -0.39 is 0 Å². The van der Waals surface area contributed by atoms with E-state index in [0.29, 0.717) is 0 Å². The summed E-state index contributed by atoms with van der Waals surface area (Å²) in [5.74, 6) is 0. The first-order valence-electron chi connectivity index (χ1n) is 0. The Balaban J connectivity index is 0. The van der Waals surface area contributed by atoms with Crippen LogP contribution in [0.4, 0.5) is 0 Å². The third-order valence-electron chi connectivity index (χ3n) is 0. The molecule has 0 saturated heterocycles. The van der Waals surface area contributed by atoms with Crippen LogP contribution in [0.5, 0.6) is 0 Å². The molecule has 0 nitrogen and oxygen atoms in total. The van der Waals surface area contributed by atoms with E-state index in [0.717, 1.165) is 0 Å². The summed E-state index contributed by atoms with van der Waals surface area (Å²) >= 11 is 0. The number of rotatable bonds is 0. The van der Waals surface area contributed by atoms with E-state index in [-0.39, 0.29) is 78.5 Å². The predicted octanol–water partition coefficient (Wildman–Crippen LogP) is -7.09. The van der Waals surface area contributed by atoms with Crippen molar-refractivity contribution < 1.29 is 52.7 Å². The Hall–Kier alpha value is 2.19. The summed E-state index contributed by atoms with van der Waals surface area (Å²) in [5, 5.41) is 0. The molecule has 4 heteroatoms. The standard InChI is InChI=1S/Al.B.Li.Na.H2.5H/h;;;;1H;;;;;/q;;2*+1;;;;;2*-1. The van der Waals surface area contributed by atoms with Crippen molar-refractivity contribution in [2.24, 2.45) is 0 Å². The topological polar surface area (TPSA) is 0 Å². The van der Waals surface area contributed by atoms with Crippen LogP contribution in [0.1, 0.15) is 4.28 Å². The summed E-state index contributed by atoms with van der Waals surface area (Å²) in [4.78, 5) is 0. The normalized spacial score (nSPS) is 0. The first kappa shape index (κ1) is 34.7. The molecule has 0 rings (SSSR count). The minimum absolute atomic E-state index is 0. The maximum atomic E-state index is 0. The molecule has 0 aliphatic carbocycles. The van der Waals surface area contributed by atoms with Crippen molar-refractivity contribution in [2.45, 2.75) is 0 Å². The van der Waals surface area contributed by atoms with E-state index in [4.69, 9.17) is 0 Å². The maximum Gasteiger partial charge on any atom is 1.00 e. The second-order valence-corrected chi connectivity index (χ2v) is 0. The van der Waals surface area contributed by atoms with Crippen molar-refractivity contribution in [3.05, 3.63) is 0 Å². The van der Waals surface area contributed by atoms with Gasteiger partial charge in [0.25, 0.3) is 0 Å². The van der Waals surface area contributed by atoms with Crippen molar-refractivity contribution in [3.63, 3.8) is 0 Å². The van der Waals surface area contributed by atoms with Crippen LogP contribution < -0.4 is 48.4 Å². The third kappa shape index (κ3) is 8.89. The van der Waals surface area contributed by atoms with Crippen LogP contribution in [-0.2, 0) is 0 Å². The van der Waals surface area contributed by atoms with E-state index in [2.05, 4.69) is 0 Å². The maximum absolute atomic E-state index is 0. The summed E-state index contributed by atoms with van der Waals surface area (Å²) in [6, 6.07) is 0. The van der Waals surface area contributed by atoms with Gasteiger partial charge in [-0.1, -0.05) is 0 Å². The monoisotopic (exact) mass is 75.1 g/mol. The van der Waals surface area contributed by atoms with Crippen LogP contribution in [0.15, 0.2) is 0 Å². The van der Waals surface area contributed by atoms with Crippen LogP contribution in [0.25, 0.3) is 0 Å². The van der Waals surface area contributed by atoms with E-state index in [9.17, 15) is 0 Å². The van der Waals surface area contributed by atoms with Gasteiger partial charge in [0.1, 0.15) is 0 Å². The Morgan fingerprint density at radius 3 is 1.50 bits per heavy atom. The molecular weight excluding hydrogens is 67.7 g/mol. The molecule has 0 aromatic heterocycles. The summed E-state index contributed by atoms with van der Waals surface area (Å²) in [5.41, 5.74) is 0. The van der Waals surface area contributed by atoms with Crippen molar-refractivity contribution in [1.82, 2.24) is 0 Å². The van der Waals surface area contributed by atoms with Gasteiger partial charge in [0.15, 0.2) is 17.4 Å². The molecule has 0 amide bonds. The van der Waals surface area contributed by atoms with Gasteiger partial charge in [0, 0.05) is 9.84 Å². The minimum atomic E-state index is 0. The molecule has 0 bridgehead atoms. The number of hydrogen-bond donors (Lipinski definition) is 0. The van der Waals surface area contributed by atoms with Gasteiger partial charge in [-0.2, -0.15) is 0 Å². The summed E-state index contributed by atoms with van der Waals surface area (Å²) in [6.45, 7) is 0. The Labute approximate surface area is 77.7 Å². The molecule has 3 radical (unpaired) electrons. The summed E-state index contributed by atoms with van der Waals surface area (Å²) in [7, 11) is 0. The zero-order valence-corrected chi connectivity index (χ0v) is 4.58. The van der Waals surface area contributed by atoms with Crippen LogP contribution in [-0.4, -0.2) is 25.8 Å². The minimum Gasteiger partial charge on any atom is -1.00 e. The average Bonchev–Trinajstić information content (AvgIpc) is 0. The van der Waals surface area contributed by atoms with Gasteiger partial charge < -0.3 is 2.85 Å². The van der Waals surface area contributed by atoms with Gasteiger partial charge in [0.2, 0.25) is 0 Å². The molecule has 0 aromatic carbocycles. The second-order valence-electron chi connectivity index (χ2n) is 0. The van der Waals surface area contributed by atoms with Gasteiger partial charge in [-0.3, -0.25) is 0 Å². The van der Waals surface area contributed by atoms with Crippen LogP contribution in [0.3, 0.4) is 0 Å². The molecule has 0 aromatic rings. The van der Waals surface area contributed by atoms with E-state index in [1.165, 1.54) is 0 Å². The summed E-state index contributed by atoms with van der Waals surface area (Å²) in [6.07, 6.45) is 0. The van der Waals surface area contributed by atoms with E-state index in [1.54, 1.807) is 0 Å². The van der Waals surface area contributed by atoms with Gasteiger partial charge in [-0.05, 0) is 0 Å². The molecule has 4 heavy (non-hydrogen) atoms. The predicted molar refractivity (Wildman–Crippen MR) is 20.0 cm³/mol. The van der Waals surface area contributed by atoms with Crippen molar-refractivity contribution in [1.29, 1.82) is 0 Å². The summed E-state index contributed by atoms with van der Waals surface area (Å²) < 4.78 is 0. The fourth-order valence-electron chi connectivity index (χ4n) is 0. The third-order valence-corrected chi connectivity index (χ3v) is 0. The largest absolute Gasteiger partial charge is 1.00 e. The van der Waals surface area contributed by atoms with Gasteiger partial charge in [-0.25, -0.2) is 0 Å². The first-order valence-corrected chi connectivity index (χ1v) is 0. The second kappa shape index (κ2) is 19.0. The Morgan fingerprint density at radius 1 is 1.50 bits per heavy atom. The SMILES string of the molecule is [AlH3].[B].[H-].[H-].[HH].[Li+].[Na+]. The molecule has 0 aliphatic heterocycles. The zero-order chi connectivity index (χ0) is 0. The van der Waals surface area contributed by atoms with Crippen molar-refractivity contribution >= 4 is 25.8 Å². The smallest absolute Gasteiger partial charge is 1.00 e. The molecule has 0 atom stereocenters. The van der Waals surface area contributed by atoms with Crippen molar-refractivity contribution in [3.8, 4) is 0 Å². The molecule has 0 aliphatic rings. The molecule has 0 spiro atoms. The molecule has 0 N–H and O–H groups in total. The van der Waals surface area contributed by atoms with Crippen LogP contribution in [0, 0.1) is 0 Å².